The maximum atomic E-state index is 11.3. The van der Waals surface area contributed by atoms with Crippen molar-refractivity contribution < 1.29 is 14.6 Å². The summed E-state index contributed by atoms with van der Waals surface area (Å²) in [7, 11) is 1.59. The predicted molar refractivity (Wildman–Crippen MR) is 87.5 cm³/mol. The monoisotopic (exact) mass is 328 g/mol. The second kappa shape index (κ2) is 6.14. The molecule has 0 aliphatic heterocycles. The molecule has 1 heterocycles. The van der Waals surface area contributed by atoms with Crippen LogP contribution in [0.5, 0.6) is 5.75 Å². The number of carboxylic acid groups (broad SMARTS) is 1. The van der Waals surface area contributed by atoms with Crippen LogP contribution in [0.3, 0.4) is 0 Å². The van der Waals surface area contributed by atoms with Gasteiger partial charge in [0, 0.05) is 10.6 Å². The molecule has 23 heavy (non-hydrogen) atoms. The van der Waals surface area contributed by atoms with Crippen molar-refractivity contribution in [3.63, 3.8) is 0 Å². The third-order valence-corrected chi connectivity index (χ3v) is 3.60. The first-order valence-corrected chi connectivity index (χ1v) is 7.20. The molecule has 0 saturated carbocycles. The van der Waals surface area contributed by atoms with E-state index in [1.807, 2.05) is 30.3 Å². The molecular formula is C17H13ClN2O3. The van der Waals surface area contributed by atoms with Gasteiger partial charge in [-0.1, -0.05) is 17.7 Å². The first kappa shape index (κ1) is 15.1. The van der Waals surface area contributed by atoms with E-state index >= 15 is 0 Å². The minimum absolute atomic E-state index is 0.0317. The van der Waals surface area contributed by atoms with Crippen LogP contribution in [0.4, 0.5) is 0 Å². The molecule has 0 aliphatic carbocycles. The fourth-order valence-electron chi connectivity index (χ4n) is 2.26. The van der Waals surface area contributed by atoms with Crippen LogP contribution in [-0.2, 0) is 0 Å². The highest BCUT2D eigenvalue weighted by Gasteiger charge is 2.16. The highest BCUT2D eigenvalue weighted by atomic mass is 35.5. The topological polar surface area (TPSA) is 64.3 Å². The summed E-state index contributed by atoms with van der Waals surface area (Å²) in [6.45, 7) is 0. The molecule has 0 atom stereocenters. The lowest BCUT2D eigenvalue weighted by Crippen LogP contribution is -2.02. The Kier molecular flexibility index (Phi) is 4.04. The molecule has 2 aromatic carbocycles. The third kappa shape index (κ3) is 3.05. The Labute approximate surface area is 137 Å². The molecule has 6 heteroatoms. The fraction of sp³-hybridized carbons (Fsp3) is 0.0588. The van der Waals surface area contributed by atoms with Crippen molar-refractivity contribution in [3.05, 3.63) is 65.3 Å². The number of methoxy groups -OCH3 is 1. The highest BCUT2D eigenvalue weighted by molar-refractivity contribution is 6.30. The van der Waals surface area contributed by atoms with Crippen LogP contribution >= 0.6 is 11.6 Å². The summed E-state index contributed by atoms with van der Waals surface area (Å²) in [6, 6.07) is 15.9. The van der Waals surface area contributed by atoms with Crippen LogP contribution in [0.1, 0.15) is 10.5 Å². The van der Waals surface area contributed by atoms with E-state index in [-0.39, 0.29) is 5.69 Å². The Morgan fingerprint density at radius 2 is 1.91 bits per heavy atom. The third-order valence-electron chi connectivity index (χ3n) is 3.37. The Morgan fingerprint density at radius 1 is 1.17 bits per heavy atom. The number of rotatable bonds is 4. The zero-order valence-electron chi connectivity index (χ0n) is 12.2. The molecule has 0 unspecified atom stereocenters. The summed E-state index contributed by atoms with van der Waals surface area (Å²) < 4.78 is 6.71. The number of benzene rings is 2. The van der Waals surface area contributed by atoms with Gasteiger partial charge in [0.1, 0.15) is 5.75 Å². The number of hydrogen-bond acceptors (Lipinski definition) is 3. The van der Waals surface area contributed by atoms with E-state index in [1.165, 1.54) is 6.07 Å². The van der Waals surface area contributed by atoms with Gasteiger partial charge in [-0.15, -0.1) is 0 Å². The van der Waals surface area contributed by atoms with Crippen LogP contribution in [-0.4, -0.2) is 28.0 Å². The molecule has 0 fully saturated rings. The first-order valence-electron chi connectivity index (χ1n) is 6.82. The average molecular weight is 329 g/mol. The SMILES string of the molecule is COc1ccc(-c2cc(C(=O)O)nn2-c2cccc(Cl)c2)cc1. The molecule has 1 N–H and O–H groups in total. The van der Waals surface area contributed by atoms with Crippen LogP contribution < -0.4 is 4.74 Å². The van der Waals surface area contributed by atoms with Crippen molar-refractivity contribution >= 4 is 17.6 Å². The van der Waals surface area contributed by atoms with Crippen molar-refractivity contribution in [1.29, 1.82) is 0 Å². The van der Waals surface area contributed by atoms with E-state index in [0.717, 1.165) is 11.3 Å². The largest absolute Gasteiger partial charge is 0.497 e. The summed E-state index contributed by atoms with van der Waals surface area (Å²) in [5, 5.41) is 13.9. The molecular weight excluding hydrogens is 316 g/mol. The quantitative estimate of drug-likeness (QED) is 0.789. The Morgan fingerprint density at radius 3 is 2.52 bits per heavy atom. The van der Waals surface area contributed by atoms with E-state index in [2.05, 4.69) is 5.10 Å². The van der Waals surface area contributed by atoms with Crippen molar-refractivity contribution in [2.24, 2.45) is 0 Å². The summed E-state index contributed by atoms with van der Waals surface area (Å²) in [5.41, 5.74) is 2.14. The van der Waals surface area contributed by atoms with Gasteiger partial charge in [-0.25, -0.2) is 9.48 Å². The molecule has 0 bridgehead atoms. The molecule has 3 aromatic rings. The molecule has 0 amide bonds. The molecule has 1 aromatic heterocycles. The van der Waals surface area contributed by atoms with Gasteiger partial charge in [0.2, 0.25) is 0 Å². The minimum Gasteiger partial charge on any atom is -0.497 e. The number of halogens is 1. The second-order valence-electron chi connectivity index (χ2n) is 4.84. The molecule has 5 nitrogen and oxygen atoms in total. The number of aromatic nitrogens is 2. The van der Waals surface area contributed by atoms with Gasteiger partial charge < -0.3 is 9.84 Å². The van der Waals surface area contributed by atoms with E-state index < -0.39 is 5.97 Å². The van der Waals surface area contributed by atoms with E-state index in [9.17, 15) is 9.90 Å². The normalized spacial score (nSPS) is 10.5. The van der Waals surface area contributed by atoms with Crippen LogP contribution in [0.15, 0.2) is 54.6 Å². The van der Waals surface area contributed by atoms with Crippen molar-refractivity contribution in [3.8, 4) is 22.7 Å². The van der Waals surface area contributed by atoms with E-state index in [1.54, 1.807) is 30.0 Å². The number of aromatic carboxylic acids is 1. The second-order valence-corrected chi connectivity index (χ2v) is 5.28. The summed E-state index contributed by atoms with van der Waals surface area (Å²) in [5.74, 6) is -0.360. The maximum Gasteiger partial charge on any atom is 0.356 e. The Bertz CT molecular complexity index is 857. The summed E-state index contributed by atoms with van der Waals surface area (Å²) in [4.78, 5) is 11.3. The molecule has 0 spiro atoms. The molecule has 0 aliphatic rings. The number of nitrogens with zero attached hydrogens (tertiary/aromatic N) is 2. The van der Waals surface area contributed by atoms with Crippen molar-refractivity contribution in [1.82, 2.24) is 9.78 Å². The molecule has 116 valence electrons. The van der Waals surface area contributed by atoms with Crippen molar-refractivity contribution in [2.45, 2.75) is 0 Å². The van der Waals surface area contributed by atoms with E-state index in [4.69, 9.17) is 16.3 Å². The maximum absolute atomic E-state index is 11.3. The lowest BCUT2D eigenvalue weighted by Gasteiger charge is -2.08. The van der Waals surface area contributed by atoms with Gasteiger partial charge in [-0.3, -0.25) is 0 Å². The first-order chi connectivity index (χ1) is 11.1. The van der Waals surface area contributed by atoms with E-state index in [0.29, 0.717) is 16.4 Å². The smallest absolute Gasteiger partial charge is 0.356 e. The molecule has 3 rings (SSSR count). The number of hydrogen-bond donors (Lipinski definition) is 1. The standard InChI is InChI=1S/C17H13ClN2O3/c1-23-14-7-5-11(6-8-14)16-10-15(17(21)22)19-20(16)13-4-2-3-12(18)9-13/h2-10H,1H3,(H,21,22). The summed E-state index contributed by atoms with van der Waals surface area (Å²) >= 11 is 6.03. The van der Waals surface area contributed by atoms with Crippen LogP contribution in [0.2, 0.25) is 5.02 Å². The molecule has 0 saturated heterocycles. The van der Waals surface area contributed by atoms with Gasteiger partial charge in [0.05, 0.1) is 18.5 Å². The van der Waals surface area contributed by atoms with Crippen LogP contribution in [0, 0.1) is 0 Å². The lowest BCUT2D eigenvalue weighted by molar-refractivity contribution is 0.0690. The minimum atomic E-state index is -1.08. The fourth-order valence-corrected chi connectivity index (χ4v) is 2.44. The van der Waals surface area contributed by atoms with Gasteiger partial charge >= 0.3 is 5.97 Å². The highest BCUT2D eigenvalue weighted by Crippen LogP contribution is 2.27. The average Bonchev–Trinajstić information content (AvgIpc) is 3.00. The lowest BCUT2D eigenvalue weighted by atomic mass is 10.1. The van der Waals surface area contributed by atoms with Gasteiger partial charge in [0.25, 0.3) is 0 Å². The van der Waals surface area contributed by atoms with Crippen molar-refractivity contribution in [2.75, 3.05) is 7.11 Å². The van der Waals surface area contributed by atoms with Gasteiger partial charge in [-0.05, 0) is 48.5 Å². The summed E-state index contributed by atoms with van der Waals surface area (Å²) in [6.07, 6.45) is 0. The number of carbonyl (C=O) groups is 1. The zero-order valence-corrected chi connectivity index (χ0v) is 13.0. The number of ether oxygens (including phenoxy) is 1. The Hall–Kier alpha value is -2.79. The molecule has 0 radical (unpaired) electrons. The predicted octanol–water partition coefficient (Wildman–Crippen LogP) is 3.90. The number of carboxylic acids is 1. The van der Waals surface area contributed by atoms with Crippen LogP contribution in [0.25, 0.3) is 16.9 Å². The van der Waals surface area contributed by atoms with Gasteiger partial charge in [-0.2, -0.15) is 5.10 Å². The zero-order chi connectivity index (χ0) is 16.4. The Balaban J connectivity index is 2.16. The van der Waals surface area contributed by atoms with Gasteiger partial charge in [0.15, 0.2) is 5.69 Å².